The van der Waals surface area contributed by atoms with Crippen LogP contribution in [0.25, 0.3) is 0 Å². The van der Waals surface area contributed by atoms with E-state index in [1.165, 1.54) is 5.57 Å². The highest BCUT2D eigenvalue weighted by Gasteiger charge is 2.24. The maximum Gasteiger partial charge on any atom is 0.0463 e. The molecule has 0 aromatic carbocycles. The lowest BCUT2D eigenvalue weighted by molar-refractivity contribution is 0.141. The fourth-order valence-electron chi connectivity index (χ4n) is 1.45. The molecular formula is C16H32N2. The summed E-state index contributed by atoms with van der Waals surface area (Å²) in [7, 11) is 2.14. The van der Waals surface area contributed by atoms with Gasteiger partial charge in [0.15, 0.2) is 0 Å². The van der Waals surface area contributed by atoms with Crippen molar-refractivity contribution in [2.24, 2.45) is 5.41 Å². The minimum absolute atomic E-state index is 0.144. The third-order valence-corrected chi connectivity index (χ3v) is 3.73. The fraction of sp³-hybridized carbons (Fsp3) is 0.750. The molecular weight excluding hydrogens is 220 g/mol. The van der Waals surface area contributed by atoms with Gasteiger partial charge in [-0.1, -0.05) is 39.5 Å². The van der Waals surface area contributed by atoms with Crippen LogP contribution in [0.4, 0.5) is 0 Å². The second kappa shape index (κ2) is 5.92. The summed E-state index contributed by atoms with van der Waals surface area (Å²) in [4.78, 5) is 2.32. The largest absolute Gasteiger partial charge is 0.384 e. The second-order valence-electron chi connectivity index (χ2n) is 7.19. The van der Waals surface area contributed by atoms with Crippen LogP contribution in [0.1, 0.15) is 48.5 Å². The number of hydrogen-bond acceptors (Lipinski definition) is 2. The Bertz CT molecular complexity index is 302. The molecule has 106 valence electrons. The molecule has 0 radical (unpaired) electrons. The predicted molar refractivity (Wildman–Crippen MR) is 82.7 cm³/mol. The van der Waals surface area contributed by atoms with Gasteiger partial charge in [-0.05, 0) is 40.2 Å². The molecule has 0 spiro atoms. The maximum atomic E-state index is 4.15. The summed E-state index contributed by atoms with van der Waals surface area (Å²) in [6.45, 7) is 24.5. The highest BCUT2D eigenvalue weighted by molar-refractivity contribution is 5.12. The number of hydrogen-bond donors (Lipinski definition) is 1. The van der Waals surface area contributed by atoms with Crippen molar-refractivity contribution in [3.05, 3.63) is 24.4 Å². The second-order valence-corrected chi connectivity index (χ2v) is 7.19. The van der Waals surface area contributed by atoms with Gasteiger partial charge in [0.2, 0.25) is 0 Å². The molecule has 0 heterocycles. The molecule has 0 fully saturated rings. The first kappa shape index (κ1) is 17.2. The Morgan fingerprint density at radius 3 is 1.89 bits per heavy atom. The Morgan fingerprint density at radius 1 is 1.11 bits per heavy atom. The lowest BCUT2D eigenvalue weighted by Crippen LogP contribution is -2.47. The number of rotatable bonds is 5. The van der Waals surface area contributed by atoms with Crippen molar-refractivity contribution in [1.29, 1.82) is 0 Å². The molecule has 0 bridgehead atoms. The van der Waals surface area contributed by atoms with E-state index in [-0.39, 0.29) is 11.0 Å². The van der Waals surface area contributed by atoms with E-state index >= 15 is 0 Å². The van der Waals surface area contributed by atoms with Crippen LogP contribution in [0.2, 0.25) is 0 Å². The molecule has 1 unspecified atom stereocenters. The van der Waals surface area contributed by atoms with Gasteiger partial charge < -0.3 is 5.32 Å². The molecule has 2 nitrogen and oxygen atoms in total. The number of nitrogens with zero attached hydrogens (tertiary/aromatic N) is 1. The molecule has 0 amide bonds. The van der Waals surface area contributed by atoms with Gasteiger partial charge in [0.1, 0.15) is 0 Å². The van der Waals surface area contributed by atoms with Crippen LogP contribution in [0.5, 0.6) is 0 Å². The Kier molecular flexibility index (Phi) is 5.67. The van der Waals surface area contributed by atoms with Crippen molar-refractivity contribution in [1.82, 2.24) is 10.2 Å². The third-order valence-electron chi connectivity index (χ3n) is 3.73. The smallest absolute Gasteiger partial charge is 0.0463 e. The van der Waals surface area contributed by atoms with Gasteiger partial charge in [0, 0.05) is 23.8 Å². The van der Waals surface area contributed by atoms with Gasteiger partial charge in [-0.25, -0.2) is 0 Å². The first-order valence-electron chi connectivity index (χ1n) is 6.71. The number of likely N-dealkylation sites (N-methyl/N-ethyl adjacent to an activating group) is 1. The average Bonchev–Trinajstić information content (AvgIpc) is 2.20. The van der Waals surface area contributed by atoms with Gasteiger partial charge in [-0.2, -0.15) is 0 Å². The minimum atomic E-state index is 0.144. The van der Waals surface area contributed by atoms with Crippen molar-refractivity contribution in [2.75, 3.05) is 13.6 Å². The van der Waals surface area contributed by atoms with E-state index < -0.39 is 0 Å². The monoisotopic (exact) mass is 252 g/mol. The summed E-state index contributed by atoms with van der Waals surface area (Å²) in [5.74, 6) is 0. The van der Waals surface area contributed by atoms with Crippen molar-refractivity contribution in [3.8, 4) is 0 Å². The van der Waals surface area contributed by atoms with Crippen LogP contribution >= 0.6 is 0 Å². The van der Waals surface area contributed by atoms with Crippen LogP contribution < -0.4 is 5.32 Å². The van der Waals surface area contributed by atoms with Crippen molar-refractivity contribution in [2.45, 2.75) is 60.0 Å². The van der Waals surface area contributed by atoms with Crippen LogP contribution in [-0.4, -0.2) is 30.1 Å². The molecule has 0 saturated carbocycles. The van der Waals surface area contributed by atoms with E-state index in [9.17, 15) is 0 Å². The molecule has 18 heavy (non-hydrogen) atoms. The lowest BCUT2D eigenvalue weighted by atomic mass is 9.87. The molecule has 0 aliphatic carbocycles. The Morgan fingerprint density at radius 2 is 1.56 bits per heavy atom. The number of nitrogens with one attached hydrogen (secondary N) is 1. The summed E-state index contributed by atoms with van der Waals surface area (Å²) >= 11 is 0. The zero-order valence-corrected chi connectivity index (χ0v) is 13.6. The van der Waals surface area contributed by atoms with Crippen molar-refractivity contribution < 1.29 is 0 Å². The van der Waals surface area contributed by atoms with E-state index in [4.69, 9.17) is 0 Å². The fourth-order valence-corrected chi connectivity index (χ4v) is 1.45. The topological polar surface area (TPSA) is 15.3 Å². The molecule has 0 rings (SSSR count). The normalized spacial score (nSPS) is 14.5. The van der Waals surface area contributed by atoms with E-state index in [1.54, 1.807) is 0 Å². The van der Waals surface area contributed by atoms with Gasteiger partial charge in [0.05, 0.1) is 0 Å². The highest BCUT2D eigenvalue weighted by atomic mass is 15.2. The van der Waals surface area contributed by atoms with Crippen molar-refractivity contribution in [3.63, 3.8) is 0 Å². The molecule has 0 saturated heterocycles. The Balaban J connectivity index is 4.40. The standard InChI is InChI=1S/C16H32N2/c1-12(15(4,5)6)11-17-13(2)14(3)18(10)16(7,8)9/h14,17H,1-2,11H2,3-10H3. The van der Waals surface area contributed by atoms with Gasteiger partial charge in [0.25, 0.3) is 0 Å². The molecule has 1 atom stereocenters. The van der Waals surface area contributed by atoms with Crippen LogP contribution in [-0.2, 0) is 0 Å². The van der Waals surface area contributed by atoms with Crippen LogP contribution in [0.15, 0.2) is 24.4 Å². The maximum absolute atomic E-state index is 4.15. The molecule has 1 N–H and O–H groups in total. The van der Waals surface area contributed by atoms with E-state index in [2.05, 4.69) is 78.9 Å². The van der Waals surface area contributed by atoms with Crippen molar-refractivity contribution >= 4 is 0 Å². The van der Waals surface area contributed by atoms with E-state index in [0.29, 0.717) is 6.04 Å². The molecule has 0 aromatic heterocycles. The minimum Gasteiger partial charge on any atom is -0.384 e. The predicted octanol–water partition coefficient (Wildman–Crippen LogP) is 3.81. The Hall–Kier alpha value is -0.760. The first-order valence-corrected chi connectivity index (χ1v) is 6.71. The lowest BCUT2D eigenvalue weighted by Gasteiger charge is -2.38. The SMILES string of the molecule is C=C(NCC(=C)C(C)(C)C)C(C)N(C)C(C)(C)C. The quantitative estimate of drug-likeness (QED) is 0.749. The summed E-state index contributed by atoms with van der Waals surface area (Å²) in [5, 5.41) is 3.41. The zero-order chi connectivity index (χ0) is 14.7. The molecule has 0 aromatic rings. The third kappa shape index (κ3) is 5.26. The highest BCUT2D eigenvalue weighted by Crippen LogP contribution is 2.23. The van der Waals surface area contributed by atoms with Crippen LogP contribution in [0.3, 0.4) is 0 Å². The zero-order valence-electron chi connectivity index (χ0n) is 13.6. The molecule has 0 aliphatic heterocycles. The summed E-state index contributed by atoms with van der Waals surface area (Å²) in [5.41, 5.74) is 2.55. The van der Waals surface area contributed by atoms with Crippen LogP contribution in [0, 0.1) is 5.41 Å². The summed E-state index contributed by atoms with van der Waals surface area (Å²) < 4.78 is 0. The van der Waals surface area contributed by atoms with E-state index in [0.717, 1.165) is 12.2 Å². The summed E-state index contributed by atoms with van der Waals surface area (Å²) in [6.07, 6.45) is 0. The molecule has 0 aliphatic rings. The summed E-state index contributed by atoms with van der Waals surface area (Å²) in [6, 6.07) is 0.303. The average molecular weight is 252 g/mol. The van der Waals surface area contributed by atoms with E-state index in [1.807, 2.05) is 0 Å². The first-order chi connectivity index (χ1) is 7.87. The van der Waals surface area contributed by atoms with Gasteiger partial charge in [-0.15, -0.1) is 0 Å². The van der Waals surface area contributed by atoms with Gasteiger partial charge >= 0.3 is 0 Å². The molecule has 2 heteroatoms. The van der Waals surface area contributed by atoms with Gasteiger partial charge in [-0.3, -0.25) is 4.90 Å². The Labute approximate surface area is 114 Å².